The highest BCUT2D eigenvalue weighted by atomic mass is 16.5. The minimum absolute atomic E-state index is 0.572. The molecule has 0 spiro atoms. The van der Waals surface area contributed by atoms with Crippen LogP contribution in [0.25, 0.3) is 0 Å². The number of rotatable bonds is 7. The third-order valence-corrected chi connectivity index (χ3v) is 3.83. The molecule has 2 rings (SSSR count). The molecule has 1 aliphatic rings. The molecule has 1 N–H and O–H groups in total. The van der Waals surface area contributed by atoms with Gasteiger partial charge in [0, 0.05) is 25.2 Å². The molecule has 21 heavy (non-hydrogen) atoms. The zero-order valence-corrected chi connectivity index (χ0v) is 13.5. The van der Waals surface area contributed by atoms with Gasteiger partial charge in [0.1, 0.15) is 12.1 Å². The fraction of sp³-hybridized carbons (Fsp3) is 0.750. The fourth-order valence-electron chi connectivity index (χ4n) is 2.56. The van der Waals surface area contributed by atoms with Crippen LogP contribution in [0.5, 0.6) is 5.88 Å². The predicted octanol–water partition coefficient (Wildman–Crippen LogP) is 2.48. The minimum Gasteiger partial charge on any atom is -0.478 e. The first-order chi connectivity index (χ1) is 10.2. The van der Waals surface area contributed by atoms with Crippen LogP contribution in [0.3, 0.4) is 0 Å². The lowest BCUT2D eigenvalue weighted by Gasteiger charge is -2.33. The van der Waals surface area contributed by atoms with Gasteiger partial charge >= 0.3 is 0 Å². The molecule has 1 fully saturated rings. The van der Waals surface area contributed by atoms with Gasteiger partial charge in [-0.05, 0) is 31.7 Å². The van der Waals surface area contributed by atoms with E-state index in [4.69, 9.17) is 4.74 Å². The van der Waals surface area contributed by atoms with Crippen LogP contribution in [0, 0.1) is 5.92 Å². The van der Waals surface area contributed by atoms with Crippen LogP contribution in [0.2, 0.25) is 0 Å². The molecule has 0 radical (unpaired) electrons. The van der Waals surface area contributed by atoms with Crippen molar-refractivity contribution in [2.24, 2.45) is 5.92 Å². The van der Waals surface area contributed by atoms with Gasteiger partial charge in [-0.3, -0.25) is 0 Å². The van der Waals surface area contributed by atoms with Crippen molar-refractivity contribution in [3.63, 3.8) is 0 Å². The lowest BCUT2D eigenvalue weighted by molar-refractivity contribution is 0.304. The van der Waals surface area contributed by atoms with E-state index in [0.717, 1.165) is 37.8 Å². The van der Waals surface area contributed by atoms with Crippen molar-refractivity contribution >= 4 is 5.82 Å². The van der Waals surface area contributed by atoms with Crippen molar-refractivity contribution in [2.75, 3.05) is 31.1 Å². The molecule has 1 aromatic heterocycles. The number of anilines is 1. The van der Waals surface area contributed by atoms with Gasteiger partial charge in [-0.2, -0.15) is 0 Å². The number of piperidine rings is 1. The minimum atomic E-state index is 0.572. The normalized spacial score (nSPS) is 16.5. The van der Waals surface area contributed by atoms with E-state index < -0.39 is 0 Å². The standard InChI is InChI=1S/C16H28N4O/c1-4-9-21-16-10-15(18-12-19-16)20-7-5-14(6-8-20)11-17-13(2)3/h10,12-14,17H,4-9,11H2,1-3H3. The largest absolute Gasteiger partial charge is 0.478 e. The molecule has 0 unspecified atom stereocenters. The third kappa shape index (κ3) is 5.16. The second-order valence-corrected chi connectivity index (χ2v) is 6.06. The summed E-state index contributed by atoms with van der Waals surface area (Å²) >= 11 is 0. The number of ether oxygens (including phenoxy) is 1. The molecule has 0 bridgehead atoms. The summed E-state index contributed by atoms with van der Waals surface area (Å²) in [5, 5.41) is 3.54. The smallest absolute Gasteiger partial charge is 0.218 e. The average molecular weight is 292 g/mol. The van der Waals surface area contributed by atoms with Crippen molar-refractivity contribution < 1.29 is 4.74 Å². The number of hydrogen-bond donors (Lipinski definition) is 1. The second kappa shape index (κ2) is 8.17. The highest BCUT2D eigenvalue weighted by Crippen LogP contribution is 2.23. The molecule has 2 heterocycles. The lowest BCUT2D eigenvalue weighted by Crippen LogP contribution is -2.39. The Balaban J connectivity index is 1.84. The van der Waals surface area contributed by atoms with Crippen LogP contribution in [-0.4, -0.2) is 42.3 Å². The van der Waals surface area contributed by atoms with Crippen LogP contribution < -0.4 is 15.0 Å². The summed E-state index contributed by atoms with van der Waals surface area (Å²) in [5.41, 5.74) is 0. The van der Waals surface area contributed by atoms with Crippen LogP contribution in [0.1, 0.15) is 40.0 Å². The van der Waals surface area contributed by atoms with Crippen molar-refractivity contribution in [1.29, 1.82) is 0 Å². The quantitative estimate of drug-likeness (QED) is 0.836. The molecule has 1 aliphatic heterocycles. The molecule has 0 atom stereocenters. The Morgan fingerprint density at radius 3 is 2.76 bits per heavy atom. The van der Waals surface area contributed by atoms with Crippen molar-refractivity contribution in [3.05, 3.63) is 12.4 Å². The number of nitrogens with one attached hydrogen (secondary N) is 1. The van der Waals surface area contributed by atoms with E-state index in [0.29, 0.717) is 18.5 Å². The first-order valence-corrected chi connectivity index (χ1v) is 8.12. The Labute approximate surface area is 128 Å². The lowest BCUT2D eigenvalue weighted by atomic mass is 9.96. The van der Waals surface area contributed by atoms with E-state index in [2.05, 4.69) is 41.0 Å². The monoisotopic (exact) mass is 292 g/mol. The summed E-state index contributed by atoms with van der Waals surface area (Å²) in [7, 11) is 0. The number of hydrogen-bond acceptors (Lipinski definition) is 5. The SMILES string of the molecule is CCCOc1cc(N2CCC(CNC(C)C)CC2)ncn1. The van der Waals surface area contributed by atoms with E-state index in [1.165, 1.54) is 12.8 Å². The molecule has 1 aromatic rings. The van der Waals surface area contributed by atoms with E-state index in [9.17, 15) is 0 Å². The summed E-state index contributed by atoms with van der Waals surface area (Å²) in [4.78, 5) is 10.9. The highest BCUT2D eigenvalue weighted by Gasteiger charge is 2.20. The summed E-state index contributed by atoms with van der Waals surface area (Å²) in [6.45, 7) is 10.5. The van der Waals surface area contributed by atoms with Crippen molar-refractivity contribution in [1.82, 2.24) is 15.3 Å². The van der Waals surface area contributed by atoms with Crippen LogP contribution in [0.4, 0.5) is 5.82 Å². The Bertz CT molecular complexity index is 416. The van der Waals surface area contributed by atoms with Gasteiger partial charge in [0.15, 0.2) is 0 Å². The summed E-state index contributed by atoms with van der Waals surface area (Å²) in [6, 6.07) is 2.53. The highest BCUT2D eigenvalue weighted by molar-refractivity contribution is 5.41. The Kier molecular flexibility index (Phi) is 6.23. The van der Waals surface area contributed by atoms with Crippen molar-refractivity contribution in [2.45, 2.75) is 46.1 Å². The molecule has 0 aliphatic carbocycles. The fourth-order valence-corrected chi connectivity index (χ4v) is 2.56. The van der Waals surface area contributed by atoms with Gasteiger partial charge < -0.3 is 15.0 Å². The van der Waals surface area contributed by atoms with Crippen LogP contribution >= 0.6 is 0 Å². The van der Waals surface area contributed by atoms with E-state index in [1.807, 2.05) is 6.07 Å². The maximum Gasteiger partial charge on any atom is 0.218 e. The number of aromatic nitrogens is 2. The molecule has 1 saturated heterocycles. The molecular formula is C16H28N4O. The first kappa shape index (κ1) is 16.0. The Hall–Kier alpha value is -1.36. The first-order valence-electron chi connectivity index (χ1n) is 8.12. The molecule has 0 saturated carbocycles. The topological polar surface area (TPSA) is 50.3 Å². The summed E-state index contributed by atoms with van der Waals surface area (Å²) < 4.78 is 5.58. The van der Waals surface area contributed by atoms with Gasteiger partial charge in [0.2, 0.25) is 5.88 Å². The predicted molar refractivity (Wildman–Crippen MR) is 85.9 cm³/mol. The van der Waals surface area contributed by atoms with Crippen LogP contribution in [0.15, 0.2) is 12.4 Å². The molecular weight excluding hydrogens is 264 g/mol. The average Bonchev–Trinajstić information content (AvgIpc) is 2.51. The van der Waals surface area contributed by atoms with Gasteiger partial charge in [-0.1, -0.05) is 20.8 Å². The second-order valence-electron chi connectivity index (χ2n) is 6.06. The molecule has 118 valence electrons. The van der Waals surface area contributed by atoms with Gasteiger partial charge in [0.25, 0.3) is 0 Å². The Morgan fingerprint density at radius 2 is 2.10 bits per heavy atom. The van der Waals surface area contributed by atoms with E-state index in [-0.39, 0.29) is 0 Å². The van der Waals surface area contributed by atoms with Crippen molar-refractivity contribution in [3.8, 4) is 5.88 Å². The van der Waals surface area contributed by atoms with Crippen LogP contribution in [-0.2, 0) is 0 Å². The third-order valence-electron chi connectivity index (χ3n) is 3.83. The van der Waals surface area contributed by atoms with E-state index >= 15 is 0 Å². The molecule has 5 nitrogen and oxygen atoms in total. The molecule has 0 aromatic carbocycles. The maximum atomic E-state index is 5.58. The molecule has 0 amide bonds. The van der Waals surface area contributed by atoms with E-state index in [1.54, 1.807) is 6.33 Å². The zero-order valence-electron chi connectivity index (χ0n) is 13.5. The van der Waals surface area contributed by atoms with Gasteiger partial charge in [-0.15, -0.1) is 0 Å². The maximum absolute atomic E-state index is 5.58. The molecule has 5 heteroatoms. The van der Waals surface area contributed by atoms with Gasteiger partial charge in [-0.25, -0.2) is 9.97 Å². The zero-order chi connectivity index (χ0) is 15.1. The van der Waals surface area contributed by atoms with Gasteiger partial charge in [0.05, 0.1) is 6.61 Å². The Morgan fingerprint density at radius 1 is 1.33 bits per heavy atom. The summed E-state index contributed by atoms with van der Waals surface area (Å²) in [5.74, 6) is 2.46. The summed E-state index contributed by atoms with van der Waals surface area (Å²) in [6.07, 6.45) is 5.03. The number of nitrogens with zero attached hydrogens (tertiary/aromatic N) is 3.